The van der Waals surface area contributed by atoms with Gasteiger partial charge in [-0.3, -0.25) is 9.69 Å². The molecule has 0 saturated carbocycles. The molecule has 1 heterocycles. The molecule has 0 radical (unpaired) electrons. The van der Waals surface area contributed by atoms with Crippen LogP contribution in [0.3, 0.4) is 0 Å². The smallest absolute Gasteiger partial charge is 0.251 e. The molecule has 2 aromatic rings. The second-order valence-electron chi connectivity index (χ2n) is 10.0. The van der Waals surface area contributed by atoms with Crippen molar-refractivity contribution >= 4 is 17.5 Å². The molecule has 0 spiro atoms. The lowest BCUT2D eigenvalue weighted by molar-refractivity contribution is 0.0943. The molecular weight excluding hydrogens is 460 g/mol. The summed E-state index contributed by atoms with van der Waals surface area (Å²) in [5, 5.41) is 3.36. The number of hydrogen-bond donors (Lipinski definition) is 1. The monoisotopic (exact) mass is 502 g/mol. The fourth-order valence-corrected chi connectivity index (χ4v) is 4.47. The molecule has 1 amide bonds. The topological polar surface area (TPSA) is 57.7 Å². The van der Waals surface area contributed by atoms with Gasteiger partial charge in [0, 0.05) is 30.4 Å². The lowest BCUT2D eigenvalue weighted by atomic mass is 9.96. The van der Waals surface area contributed by atoms with Crippen molar-refractivity contribution in [1.29, 1.82) is 0 Å². The van der Waals surface area contributed by atoms with Gasteiger partial charge in [0.1, 0.15) is 10.9 Å². The summed E-state index contributed by atoms with van der Waals surface area (Å²) in [6, 6.07) is 7.91. The van der Waals surface area contributed by atoms with E-state index in [0.717, 1.165) is 44.0 Å². The first kappa shape index (κ1) is 29.1. The number of unbranched alkanes of at least 4 members (excludes halogenated alkanes) is 1. The molecule has 2 rings (SSSR count). The molecule has 7 heteroatoms. The highest BCUT2D eigenvalue weighted by Crippen LogP contribution is 2.30. The first-order valence-electron chi connectivity index (χ1n) is 12.5. The molecule has 1 aromatic heterocycles. The van der Waals surface area contributed by atoms with Crippen LogP contribution in [0.15, 0.2) is 24.3 Å². The highest BCUT2D eigenvalue weighted by molar-refractivity contribution is 6.29. The Morgan fingerprint density at radius 1 is 1.09 bits per heavy atom. The van der Waals surface area contributed by atoms with Crippen LogP contribution in [0, 0.1) is 26.7 Å². The van der Waals surface area contributed by atoms with Gasteiger partial charge in [0.15, 0.2) is 0 Å². The van der Waals surface area contributed by atoms with E-state index >= 15 is 0 Å². The van der Waals surface area contributed by atoms with Gasteiger partial charge in [-0.1, -0.05) is 24.6 Å². The van der Waals surface area contributed by atoms with Crippen LogP contribution >= 0.6 is 11.6 Å². The molecule has 0 bridgehead atoms. The number of aryl methyl sites for hydroxylation is 1. The number of carbonyl (C=O) groups excluding carboxylic acids is 1. The summed E-state index contributed by atoms with van der Waals surface area (Å²) in [6.45, 7) is 13.8. The van der Waals surface area contributed by atoms with E-state index in [1.165, 1.54) is 16.7 Å². The highest BCUT2D eigenvalue weighted by atomic mass is 35.5. The number of aromatic nitrogens is 1. The van der Waals surface area contributed by atoms with Crippen molar-refractivity contribution in [1.82, 2.24) is 20.1 Å². The number of pyridine rings is 1. The van der Waals surface area contributed by atoms with Gasteiger partial charge in [0.05, 0.1) is 6.61 Å². The summed E-state index contributed by atoms with van der Waals surface area (Å²) < 4.78 is 6.08. The molecule has 0 aliphatic rings. The van der Waals surface area contributed by atoms with E-state index < -0.39 is 0 Å². The minimum absolute atomic E-state index is 0.122. The molecule has 194 valence electrons. The van der Waals surface area contributed by atoms with E-state index in [1.54, 1.807) is 12.1 Å². The molecule has 1 N–H and O–H groups in total. The third-order valence-electron chi connectivity index (χ3n) is 6.54. The first-order valence-corrected chi connectivity index (χ1v) is 12.9. The Balaban J connectivity index is 1.89. The number of rotatable bonds is 13. The molecule has 0 aliphatic heterocycles. The second-order valence-corrected chi connectivity index (χ2v) is 10.4. The van der Waals surface area contributed by atoms with Gasteiger partial charge in [0.2, 0.25) is 0 Å². The molecule has 6 nitrogen and oxygen atoms in total. The Kier molecular flexibility index (Phi) is 11.5. The van der Waals surface area contributed by atoms with Gasteiger partial charge in [-0.25, -0.2) is 4.98 Å². The Labute approximate surface area is 217 Å². The SMILES string of the molecule is Cc1cc(C(=O)NCC(C)CN(C)C(C)c2ccc(OCCCCN(C)C)c(C)c2C)cc(Cl)n1. The zero-order chi connectivity index (χ0) is 26.1. The Bertz CT molecular complexity index is 959. The molecular formula is C28H43ClN4O2. The van der Waals surface area contributed by atoms with E-state index in [0.29, 0.717) is 17.3 Å². The van der Waals surface area contributed by atoms with Crippen LogP contribution in [-0.2, 0) is 0 Å². The zero-order valence-corrected chi connectivity index (χ0v) is 23.5. The van der Waals surface area contributed by atoms with E-state index in [1.807, 2.05) is 6.92 Å². The Hall–Kier alpha value is -2.15. The van der Waals surface area contributed by atoms with Crippen molar-refractivity contribution in [3.8, 4) is 5.75 Å². The number of nitrogens with zero attached hydrogens (tertiary/aromatic N) is 3. The van der Waals surface area contributed by atoms with Crippen LogP contribution in [0.4, 0.5) is 0 Å². The van der Waals surface area contributed by atoms with E-state index in [2.05, 4.69) is 81.1 Å². The van der Waals surface area contributed by atoms with Gasteiger partial charge in [0.25, 0.3) is 5.91 Å². The zero-order valence-electron chi connectivity index (χ0n) is 22.7. The molecule has 0 fully saturated rings. The van der Waals surface area contributed by atoms with Gasteiger partial charge in [-0.15, -0.1) is 0 Å². The molecule has 35 heavy (non-hydrogen) atoms. The summed E-state index contributed by atoms with van der Waals surface area (Å²) in [5.74, 6) is 1.15. The second kappa shape index (κ2) is 13.8. The van der Waals surface area contributed by atoms with E-state index in [-0.39, 0.29) is 17.9 Å². The average molecular weight is 503 g/mol. The predicted molar refractivity (Wildman–Crippen MR) is 146 cm³/mol. The van der Waals surface area contributed by atoms with Crippen molar-refractivity contribution in [2.24, 2.45) is 5.92 Å². The quantitative estimate of drug-likeness (QED) is 0.292. The molecule has 2 unspecified atom stereocenters. The van der Waals surface area contributed by atoms with Crippen LogP contribution < -0.4 is 10.1 Å². The fraction of sp³-hybridized carbons (Fsp3) is 0.571. The number of hydrogen-bond acceptors (Lipinski definition) is 5. The normalized spacial score (nSPS) is 13.2. The third kappa shape index (κ3) is 9.10. The van der Waals surface area contributed by atoms with Crippen molar-refractivity contribution in [3.05, 3.63) is 57.4 Å². The number of benzene rings is 1. The van der Waals surface area contributed by atoms with Crippen LogP contribution in [-0.4, -0.2) is 68.1 Å². The number of ether oxygens (including phenoxy) is 1. The van der Waals surface area contributed by atoms with E-state index in [9.17, 15) is 4.79 Å². The molecule has 2 atom stereocenters. The van der Waals surface area contributed by atoms with Crippen molar-refractivity contribution in [3.63, 3.8) is 0 Å². The Morgan fingerprint density at radius 2 is 1.80 bits per heavy atom. The van der Waals surface area contributed by atoms with Crippen molar-refractivity contribution < 1.29 is 9.53 Å². The summed E-state index contributed by atoms with van der Waals surface area (Å²) in [7, 11) is 6.34. The van der Waals surface area contributed by atoms with Crippen molar-refractivity contribution in [2.75, 3.05) is 47.4 Å². The van der Waals surface area contributed by atoms with Crippen molar-refractivity contribution in [2.45, 2.75) is 53.5 Å². The Morgan fingerprint density at radius 3 is 2.46 bits per heavy atom. The van der Waals surface area contributed by atoms with Gasteiger partial charge >= 0.3 is 0 Å². The number of amides is 1. The number of nitrogens with one attached hydrogen (secondary N) is 1. The standard InChI is InChI=1S/C28H43ClN4O2/c1-19(17-30-28(34)24-15-20(2)31-27(29)16-24)18-33(8)23(5)25-11-12-26(22(4)21(25)3)35-14-10-9-13-32(6)7/h11-12,15-16,19,23H,9-10,13-14,17-18H2,1-8H3,(H,30,34). The average Bonchev–Trinajstić information content (AvgIpc) is 2.78. The summed E-state index contributed by atoms with van der Waals surface area (Å²) in [4.78, 5) is 21.2. The van der Waals surface area contributed by atoms with Crippen LogP contribution in [0.2, 0.25) is 5.15 Å². The van der Waals surface area contributed by atoms with Gasteiger partial charge < -0.3 is 15.0 Å². The molecule has 1 aromatic carbocycles. The van der Waals surface area contributed by atoms with Gasteiger partial charge in [-0.2, -0.15) is 0 Å². The third-order valence-corrected chi connectivity index (χ3v) is 6.74. The molecule has 0 saturated heterocycles. The lowest BCUT2D eigenvalue weighted by Gasteiger charge is -2.30. The van der Waals surface area contributed by atoms with Crippen LogP contribution in [0.1, 0.15) is 65.5 Å². The highest BCUT2D eigenvalue weighted by Gasteiger charge is 2.19. The number of halogens is 1. The maximum Gasteiger partial charge on any atom is 0.251 e. The van der Waals surface area contributed by atoms with Gasteiger partial charge in [-0.05, 0) is 109 Å². The summed E-state index contributed by atoms with van der Waals surface area (Å²) >= 11 is 5.99. The number of carbonyl (C=O) groups is 1. The van der Waals surface area contributed by atoms with Crippen LogP contribution in [0.25, 0.3) is 0 Å². The summed E-state index contributed by atoms with van der Waals surface area (Å²) in [6.07, 6.45) is 2.19. The predicted octanol–water partition coefficient (Wildman–Crippen LogP) is 5.44. The largest absolute Gasteiger partial charge is 0.493 e. The maximum absolute atomic E-state index is 12.5. The summed E-state index contributed by atoms with van der Waals surface area (Å²) in [5.41, 5.74) is 5.07. The minimum atomic E-state index is -0.122. The minimum Gasteiger partial charge on any atom is -0.493 e. The lowest BCUT2D eigenvalue weighted by Crippen LogP contribution is -2.35. The fourth-order valence-electron chi connectivity index (χ4n) is 4.22. The van der Waals surface area contributed by atoms with E-state index in [4.69, 9.17) is 16.3 Å². The first-order chi connectivity index (χ1) is 16.5. The molecule has 0 aliphatic carbocycles. The maximum atomic E-state index is 12.5. The van der Waals surface area contributed by atoms with Crippen LogP contribution in [0.5, 0.6) is 5.75 Å².